The molecule has 0 aliphatic carbocycles. The minimum Gasteiger partial charge on any atom is -0.340 e. The summed E-state index contributed by atoms with van der Waals surface area (Å²) in [7, 11) is 5.87. The number of halogens is 6. The standard InChI is InChI=1S/C28H28F6N6/c1-39(2)14-5-15-40(3)17-24-37-23-16-18(25-22(28(32,33)34)6-4-13-35-25)7-12-21(23)26(38-24)36-20-10-8-19(9-11-20)27(29,30)31/h4,6-13,16H,5,14-15,17H2,1-3H3,(H,36,37,38). The minimum absolute atomic E-state index is 0.227. The third-order valence-electron chi connectivity index (χ3n) is 6.16. The van der Waals surface area contributed by atoms with Crippen molar-refractivity contribution in [1.82, 2.24) is 24.8 Å². The van der Waals surface area contributed by atoms with Crippen molar-refractivity contribution in [2.24, 2.45) is 0 Å². The highest BCUT2D eigenvalue weighted by atomic mass is 19.4. The van der Waals surface area contributed by atoms with Crippen LogP contribution in [0.5, 0.6) is 0 Å². The molecule has 0 saturated heterocycles. The summed E-state index contributed by atoms with van der Waals surface area (Å²) in [6.45, 7) is 2.00. The molecular weight excluding hydrogens is 534 g/mol. The molecule has 0 aliphatic heterocycles. The molecule has 0 atom stereocenters. The summed E-state index contributed by atoms with van der Waals surface area (Å²) in [4.78, 5) is 17.3. The van der Waals surface area contributed by atoms with Gasteiger partial charge in [0.15, 0.2) is 0 Å². The summed E-state index contributed by atoms with van der Waals surface area (Å²) in [6.07, 6.45) is -6.88. The first-order valence-corrected chi connectivity index (χ1v) is 12.4. The Balaban J connectivity index is 1.74. The molecule has 0 radical (unpaired) electrons. The first-order valence-electron chi connectivity index (χ1n) is 12.4. The van der Waals surface area contributed by atoms with Crippen LogP contribution >= 0.6 is 0 Å². The topological polar surface area (TPSA) is 57.2 Å². The van der Waals surface area contributed by atoms with Crippen LogP contribution in [0.4, 0.5) is 37.8 Å². The number of nitrogens with one attached hydrogen (secondary N) is 1. The average molecular weight is 563 g/mol. The van der Waals surface area contributed by atoms with E-state index in [-0.39, 0.29) is 11.3 Å². The Morgan fingerprint density at radius 2 is 1.55 bits per heavy atom. The monoisotopic (exact) mass is 562 g/mol. The van der Waals surface area contributed by atoms with Gasteiger partial charge in [-0.25, -0.2) is 9.97 Å². The van der Waals surface area contributed by atoms with Crippen molar-refractivity contribution in [1.29, 1.82) is 0 Å². The summed E-state index contributed by atoms with van der Waals surface area (Å²) in [6, 6.07) is 11.3. The van der Waals surface area contributed by atoms with Crippen LogP contribution in [0.3, 0.4) is 0 Å². The molecule has 2 aromatic heterocycles. The van der Waals surface area contributed by atoms with Crippen LogP contribution in [0, 0.1) is 0 Å². The van der Waals surface area contributed by atoms with Crippen molar-refractivity contribution in [3.63, 3.8) is 0 Å². The molecule has 0 bridgehead atoms. The fourth-order valence-electron chi connectivity index (χ4n) is 4.21. The van der Waals surface area contributed by atoms with E-state index in [4.69, 9.17) is 0 Å². The molecule has 4 rings (SSSR count). The molecule has 0 amide bonds. The lowest BCUT2D eigenvalue weighted by molar-refractivity contribution is -0.138. The number of aromatic nitrogens is 3. The second kappa shape index (κ2) is 11.8. The Hall–Kier alpha value is -3.77. The van der Waals surface area contributed by atoms with Gasteiger partial charge < -0.3 is 10.2 Å². The normalized spacial score (nSPS) is 12.5. The molecule has 0 saturated carbocycles. The van der Waals surface area contributed by atoms with Crippen LogP contribution in [0.2, 0.25) is 0 Å². The van der Waals surface area contributed by atoms with Gasteiger partial charge in [0.1, 0.15) is 11.6 Å². The van der Waals surface area contributed by atoms with Gasteiger partial charge in [0.2, 0.25) is 0 Å². The Kier molecular flexibility index (Phi) is 8.59. The quantitative estimate of drug-likeness (QED) is 0.225. The largest absolute Gasteiger partial charge is 0.418 e. The van der Waals surface area contributed by atoms with Gasteiger partial charge in [-0.2, -0.15) is 26.3 Å². The van der Waals surface area contributed by atoms with Gasteiger partial charge in [0.25, 0.3) is 0 Å². The summed E-state index contributed by atoms with van der Waals surface area (Å²) in [5.41, 5.74) is -0.915. The van der Waals surface area contributed by atoms with Crippen LogP contribution in [0.15, 0.2) is 60.8 Å². The summed E-state index contributed by atoms with van der Waals surface area (Å²) in [5.74, 6) is 0.730. The van der Waals surface area contributed by atoms with E-state index in [1.807, 2.05) is 26.0 Å². The molecule has 6 nitrogen and oxygen atoms in total. The lowest BCUT2D eigenvalue weighted by Crippen LogP contribution is -2.24. The highest BCUT2D eigenvalue weighted by Gasteiger charge is 2.34. The van der Waals surface area contributed by atoms with Crippen molar-refractivity contribution < 1.29 is 26.3 Å². The van der Waals surface area contributed by atoms with Crippen molar-refractivity contribution in [2.75, 3.05) is 39.5 Å². The van der Waals surface area contributed by atoms with Gasteiger partial charge in [-0.15, -0.1) is 0 Å². The zero-order valence-corrected chi connectivity index (χ0v) is 22.1. The third kappa shape index (κ3) is 7.24. The van der Waals surface area contributed by atoms with Crippen molar-refractivity contribution in [3.8, 4) is 11.3 Å². The zero-order valence-electron chi connectivity index (χ0n) is 22.1. The van der Waals surface area contributed by atoms with Gasteiger partial charge in [0, 0.05) is 22.8 Å². The van der Waals surface area contributed by atoms with E-state index in [9.17, 15) is 26.3 Å². The SMILES string of the molecule is CN(C)CCCN(C)Cc1nc(Nc2ccc(C(F)(F)F)cc2)c2ccc(-c3ncccc3C(F)(F)F)cc2n1. The minimum atomic E-state index is -4.60. The van der Waals surface area contributed by atoms with Gasteiger partial charge in [-0.3, -0.25) is 9.88 Å². The Morgan fingerprint density at radius 1 is 0.825 bits per heavy atom. The highest BCUT2D eigenvalue weighted by Crippen LogP contribution is 2.37. The molecule has 0 aliphatic rings. The number of benzene rings is 2. The lowest BCUT2D eigenvalue weighted by atomic mass is 10.0. The molecule has 2 heterocycles. The maximum atomic E-state index is 13.7. The molecule has 12 heteroatoms. The fraction of sp³-hybridized carbons (Fsp3) is 0.321. The summed E-state index contributed by atoms with van der Waals surface area (Å²) >= 11 is 0. The van der Waals surface area contributed by atoms with Gasteiger partial charge in [-0.05, 0) is 89.2 Å². The summed E-state index contributed by atoms with van der Waals surface area (Å²) < 4.78 is 80.0. The maximum absolute atomic E-state index is 13.7. The number of nitrogens with zero attached hydrogens (tertiary/aromatic N) is 5. The average Bonchev–Trinajstić information content (AvgIpc) is 2.87. The smallest absolute Gasteiger partial charge is 0.340 e. The van der Waals surface area contributed by atoms with E-state index in [0.29, 0.717) is 34.8 Å². The number of hydrogen-bond donors (Lipinski definition) is 1. The number of hydrogen-bond acceptors (Lipinski definition) is 6. The van der Waals surface area contributed by atoms with Gasteiger partial charge >= 0.3 is 12.4 Å². The van der Waals surface area contributed by atoms with Crippen LogP contribution in [0.25, 0.3) is 22.2 Å². The van der Waals surface area contributed by atoms with E-state index in [0.717, 1.165) is 37.7 Å². The zero-order chi connectivity index (χ0) is 29.1. The molecule has 2 aromatic carbocycles. The number of anilines is 2. The lowest BCUT2D eigenvalue weighted by Gasteiger charge is -2.19. The molecule has 1 N–H and O–H groups in total. The van der Waals surface area contributed by atoms with Crippen LogP contribution < -0.4 is 5.32 Å². The summed E-state index contributed by atoms with van der Waals surface area (Å²) in [5, 5.41) is 3.55. The van der Waals surface area contributed by atoms with Crippen molar-refractivity contribution in [2.45, 2.75) is 25.3 Å². The van der Waals surface area contributed by atoms with Crippen molar-refractivity contribution in [3.05, 3.63) is 77.7 Å². The van der Waals surface area contributed by atoms with E-state index < -0.39 is 23.5 Å². The first-order chi connectivity index (χ1) is 18.8. The van der Waals surface area contributed by atoms with E-state index in [1.54, 1.807) is 6.07 Å². The molecule has 212 valence electrons. The molecular formula is C28H28F6N6. The highest BCUT2D eigenvalue weighted by molar-refractivity contribution is 5.93. The molecule has 0 unspecified atom stereocenters. The van der Waals surface area contributed by atoms with Gasteiger partial charge in [0.05, 0.1) is 28.9 Å². The molecule has 40 heavy (non-hydrogen) atoms. The van der Waals surface area contributed by atoms with Crippen LogP contribution in [0.1, 0.15) is 23.4 Å². The number of pyridine rings is 1. The molecule has 0 spiro atoms. The third-order valence-corrected chi connectivity index (χ3v) is 6.16. The van der Waals surface area contributed by atoms with E-state index in [1.165, 1.54) is 36.5 Å². The van der Waals surface area contributed by atoms with E-state index >= 15 is 0 Å². The first kappa shape index (κ1) is 29.2. The Bertz CT molecular complexity index is 1450. The maximum Gasteiger partial charge on any atom is 0.418 e. The second-order valence-corrected chi connectivity index (χ2v) is 9.71. The molecule has 4 aromatic rings. The number of alkyl halides is 6. The predicted molar refractivity (Wildman–Crippen MR) is 142 cm³/mol. The van der Waals surface area contributed by atoms with Crippen LogP contribution in [-0.2, 0) is 18.9 Å². The second-order valence-electron chi connectivity index (χ2n) is 9.71. The molecule has 0 fully saturated rings. The predicted octanol–water partition coefficient (Wildman–Crippen LogP) is 6.86. The van der Waals surface area contributed by atoms with E-state index in [2.05, 4.69) is 25.2 Å². The fourth-order valence-corrected chi connectivity index (χ4v) is 4.21. The Labute approximate surface area is 227 Å². The number of rotatable bonds is 9. The van der Waals surface area contributed by atoms with Crippen LogP contribution in [-0.4, -0.2) is 59.0 Å². The number of fused-ring (bicyclic) bond motifs is 1. The van der Waals surface area contributed by atoms with Gasteiger partial charge in [-0.1, -0.05) is 6.07 Å². The van der Waals surface area contributed by atoms with Crippen molar-refractivity contribution >= 4 is 22.4 Å². The Morgan fingerprint density at radius 3 is 2.20 bits per heavy atom.